The molecule has 0 saturated carbocycles. The van der Waals surface area contributed by atoms with Gasteiger partial charge in [-0.3, -0.25) is 0 Å². The fourth-order valence-corrected chi connectivity index (χ4v) is 2.39. The van der Waals surface area contributed by atoms with Crippen molar-refractivity contribution in [2.45, 2.75) is 32.8 Å². The molecule has 1 aromatic rings. The van der Waals surface area contributed by atoms with E-state index in [1.165, 1.54) is 11.3 Å². The normalized spacial score (nSPS) is 21.3. The van der Waals surface area contributed by atoms with E-state index in [2.05, 4.69) is 24.8 Å². The third kappa shape index (κ3) is 2.91. The second-order valence-electron chi connectivity index (χ2n) is 4.75. The molecule has 1 aliphatic heterocycles. The van der Waals surface area contributed by atoms with Gasteiger partial charge in [0.2, 0.25) is 0 Å². The van der Waals surface area contributed by atoms with Crippen LogP contribution in [0.1, 0.15) is 25.3 Å². The van der Waals surface area contributed by atoms with Crippen molar-refractivity contribution in [3.63, 3.8) is 0 Å². The number of nitrogens with two attached hydrogens (primary N) is 1. The van der Waals surface area contributed by atoms with Gasteiger partial charge in [-0.05, 0) is 43.5 Å². The molecule has 3 nitrogen and oxygen atoms in total. The molecular weight excluding hydrogens is 212 g/mol. The lowest BCUT2D eigenvalue weighted by molar-refractivity contribution is 0.0664. The molecule has 1 aliphatic rings. The number of ether oxygens (including phenoxy) is 1. The van der Waals surface area contributed by atoms with Crippen LogP contribution in [0.25, 0.3) is 0 Å². The third-order valence-electron chi connectivity index (χ3n) is 3.37. The van der Waals surface area contributed by atoms with Crippen LogP contribution in [0.3, 0.4) is 0 Å². The summed E-state index contributed by atoms with van der Waals surface area (Å²) in [5.41, 5.74) is 9.18. The van der Waals surface area contributed by atoms with Gasteiger partial charge in [0.25, 0.3) is 0 Å². The second-order valence-corrected chi connectivity index (χ2v) is 4.75. The van der Waals surface area contributed by atoms with Gasteiger partial charge in [0.05, 0.1) is 6.10 Å². The number of nitrogen functional groups attached to an aromatic ring is 1. The molecule has 1 atom stereocenters. The van der Waals surface area contributed by atoms with Crippen LogP contribution in [0.4, 0.5) is 11.4 Å². The van der Waals surface area contributed by atoms with Crippen LogP contribution in [0.5, 0.6) is 0 Å². The molecule has 1 fully saturated rings. The summed E-state index contributed by atoms with van der Waals surface area (Å²) in [6.07, 6.45) is 2.53. The van der Waals surface area contributed by atoms with Crippen molar-refractivity contribution in [1.82, 2.24) is 0 Å². The molecule has 0 bridgehead atoms. The highest BCUT2D eigenvalue weighted by atomic mass is 16.5. The smallest absolute Gasteiger partial charge is 0.0747 e. The molecule has 94 valence electrons. The minimum absolute atomic E-state index is 0.356. The average molecular weight is 234 g/mol. The first kappa shape index (κ1) is 12.2. The minimum atomic E-state index is 0.356. The molecule has 1 unspecified atom stereocenters. The minimum Gasteiger partial charge on any atom is -0.399 e. The SMILES string of the molecule is CCC1CN(c2ccc(N)cc2C)CCCO1. The highest BCUT2D eigenvalue weighted by Crippen LogP contribution is 2.24. The average Bonchev–Trinajstić information content (AvgIpc) is 2.54. The standard InChI is InChI=1S/C14H22N2O/c1-3-13-10-16(7-4-8-17-13)14-6-5-12(15)9-11(14)2/h5-6,9,13H,3-4,7-8,10,15H2,1-2H3. The predicted octanol–water partition coefficient (Wildman–Crippen LogP) is 2.58. The first-order chi connectivity index (χ1) is 8.20. The first-order valence-electron chi connectivity index (χ1n) is 6.43. The number of anilines is 2. The van der Waals surface area contributed by atoms with Crippen molar-refractivity contribution in [3.05, 3.63) is 23.8 Å². The van der Waals surface area contributed by atoms with Crippen LogP contribution in [0.15, 0.2) is 18.2 Å². The summed E-state index contributed by atoms with van der Waals surface area (Å²) in [6, 6.07) is 6.15. The Morgan fingerprint density at radius 2 is 2.29 bits per heavy atom. The first-order valence-corrected chi connectivity index (χ1v) is 6.43. The summed E-state index contributed by atoms with van der Waals surface area (Å²) >= 11 is 0. The monoisotopic (exact) mass is 234 g/mol. The molecule has 0 amide bonds. The zero-order valence-corrected chi connectivity index (χ0v) is 10.8. The van der Waals surface area contributed by atoms with Crippen molar-refractivity contribution in [2.24, 2.45) is 0 Å². The maximum Gasteiger partial charge on any atom is 0.0747 e. The molecule has 2 rings (SSSR count). The molecule has 3 heteroatoms. The Kier molecular flexibility index (Phi) is 3.89. The summed E-state index contributed by atoms with van der Waals surface area (Å²) in [5, 5.41) is 0. The third-order valence-corrected chi connectivity index (χ3v) is 3.37. The van der Waals surface area contributed by atoms with E-state index in [0.717, 1.165) is 38.2 Å². The quantitative estimate of drug-likeness (QED) is 0.799. The molecule has 1 heterocycles. The fourth-order valence-electron chi connectivity index (χ4n) is 2.39. The molecular formula is C14H22N2O. The second kappa shape index (κ2) is 5.41. The zero-order valence-electron chi connectivity index (χ0n) is 10.8. The molecule has 0 aromatic heterocycles. The Hall–Kier alpha value is -1.22. The van der Waals surface area contributed by atoms with E-state index in [9.17, 15) is 0 Å². The Morgan fingerprint density at radius 3 is 3.00 bits per heavy atom. The van der Waals surface area contributed by atoms with Crippen molar-refractivity contribution in [2.75, 3.05) is 30.3 Å². The number of hydrogen-bond acceptors (Lipinski definition) is 3. The van der Waals surface area contributed by atoms with Crippen molar-refractivity contribution in [3.8, 4) is 0 Å². The summed E-state index contributed by atoms with van der Waals surface area (Å²) in [4.78, 5) is 2.43. The van der Waals surface area contributed by atoms with Gasteiger partial charge in [0.1, 0.15) is 0 Å². The summed E-state index contributed by atoms with van der Waals surface area (Å²) < 4.78 is 5.80. The van der Waals surface area contributed by atoms with Crippen LogP contribution in [0, 0.1) is 6.92 Å². The number of aryl methyl sites for hydroxylation is 1. The fraction of sp³-hybridized carbons (Fsp3) is 0.571. The van der Waals surface area contributed by atoms with E-state index in [1.807, 2.05) is 12.1 Å². The Bertz CT molecular complexity index is 378. The van der Waals surface area contributed by atoms with Crippen LogP contribution in [-0.2, 0) is 4.74 Å². The van der Waals surface area contributed by atoms with Crippen LogP contribution in [-0.4, -0.2) is 25.8 Å². The number of benzene rings is 1. The van der Waals surface area contributed by atoms with E-state index < -0.39 is 0 Å². The topological polar surface area (TPSA) is 38.5 Å². The van der Waals surface area contributed by atoms with E-state index in [1.54, 1.807) is 0 Å². The number of nitrogens with zero attached hydrogens (tertiary/aromatic N) is 1. The number of rotatable bonds is 2. The lowest BCUT2D eigenvalue weighted by Crippen LogP contribution is -2.31. The summed E-state index contributed by atoms with van der Waals surface area (Å²) in [6.45, 7) is 7.24. The van der Waals surface area contributed by atoms with Gasteiger partial charge in [-0.15, -0.1) is 0 Å². The molecule has 0 spiro atoms. The van der Waals surface area contributed by atoms with Gasteiger partial charge in [0.15, 0.2) is 0 Å². The Morgan fingerprint density at radius 1 is 1.47 bits per heavy atom. The maximum absolute atomic E-state index is 5.80. The molecule has 1 aromatic carbocycles. The highest BCUT2D eigenvalue weighted by molar-refractivity contribution is 5.59. The lowest BCUT2D eigenvalue weighted by atomic mass is 10.1. The van der Waals surface area contributed by atoms with Crippen molar-refractivity contribution >= 4 is 11.4 Å². The van der Waals surface area contributed by atoms with E-state index in [0.29, 0.717) is 6.10 Å². The van der Waals surface area contributed by atoms with Crippen molar-refractivity contribution < 1.29 is 4.74 Å². The largest absolute Gasteiger partial charge is 0.399 e. The lowest BCUT2D eigenvalue weighted by Gasteiger charge is -2.27. The molecule has 1 saturated heterocycles. The van der Waals surface area contributed by atoms with E-state index in [4.69, 9.17) is 10.5 Å². The van der Waals surface area contributed by atoms with Crippen molar-refractivity contribution in [1.29, 1.82) is 0 Å². The zero-order chi connectivity index (χ0) is 12.3. The Labute approximate surface area is 104 Å². The predicted molar refractivity (Wildman–Crippen MR) is 72.5 cm³/mol. The molecule has 0 radical (unpaired) electrons. The van der Waals surface area contributed by atoms with Gasteiger partial charge >= 0.3 is 0 Å². The van der Waals surface area contributed by atoms with E-state index >= 15 is 0 Å². The summed E-state index contributed by atoms with van der Waals surface area (Å²) in [5.74, 6) is 0. The number of hydrogen-bond donors (Lipinski definition) is 1. The van der Waals surface area contributed by atoms with Gasteiger partial charge in [0, 0.05) is 31.1 Å². The van der Waals surface area contributed by atoms with Crippen LogP contribution >= 0.6 is 0 Å². The van der Waals surface area contributed by atoms with Crippen LogP contribution < -0.4 is 10.6 Å². The molecule has 0 aliphatic carbocycles. The maximum atomic E-state index is 5.80. The van der Waals surface area contributed by atoms with Gasteiger partial charge in [-0.2, -0.15) is 0 Å². The van der Waals surface area contributed by atoms with Gasteiger partial charge in [-0.25, -0.2) is 0 Å². The van der Waals surface area contributed by atoms with E-state index in [-0.39, 0.29) is 0 Å². The van der Waals surface area contributed by atoms with Crippen LogP contribution in [0.2, 0.25) is 0 Å². The van der Waals surface area contributed by atoms with Gasteiger partial charge < -0.3 is 15.4 Å². The Balaban J connectivity index is 2.19. The molecule has 2 N–H and O–H groups in total. The van der Waals surface area contributed by atoms with Gasteiger partial charge in [-0.1, -0.05) is 6.92 Å². The molecule has 17 heavy (non-hydrogen) atoms. The highest BCUT2D eigenvalue weighted by Gasteiger charge is 2.18. The summed E-state index contributed by atoms with van der Waals surface area (Å²) in [7, 11) is 0.